The van der Waals surface area contributed by atoms with Crippen LogP contribution in [0.5, 0.6) is 0 Å². The van der Waals surface area contributed by atoms with Crippen LogP contribution in [-0.4, -0.2) is 43.0 Å². The molecule has 104 valence electrons. The molecule has 0 aliphatic carbocycles. The topological polar surface area (TPSA) is 6.48 Å². The Morgan fingerprint density at radius 2 is 2.00 bits per heavy atom. The van der Waals surface area contributed by atoms with Gasteiger partial charge >= 0.3 is 0 Å². The first-order valence-corrected chi connectivity index (χ1v) is 7.64. The molecule has 0 atom stereocenters. The molecule has 1 fully saturated rings. The first-order valence-electron chi connectivity index (χ1n) is 7.64. The lowest BCUT2D eigenvalue weighted by Crippen LogP contribution is -2.49. The van der Waals surface area contributed by atoms with Crippen molar-refractivity contribution >= 4 is 0 Å². The average Bonchev–Trinajstić information content (AvgIpc) is 2.36. The van der Waals surface area contributed by atoms with E-state index in [-0.39, 0.29) is 0 Å². The van der Waals surface area contributed by atoms with Gasteiger partial charge in [-0.15, -0.1) is 0 Å². The van der Waals surface area contributed by atoms with E-state index in [9.17, 15) is 0 Å². The molecule has 0 bridgehead atoms. The molecule has 3 rings (SSSR count). The quantitative estimate of drug-likeness (QED) is 0.822. The molecule has 0 N–H and O–H groups in total. The molecular formula is C17H26N2. The van der Waals surface area contributed by atoms with Crippen LogP contribution in [0.15, 0.2) is 18.2 Å². The third-order valence-corrected chi connectivity index (χ3v) is 4.64. The van der Waals surface area contributed by atoms with Crippen LogP contribution in [-0.2, 0) is 13.0 Å². The van der Waals surface area contributed by atoms with Crippen LogP contribution in [0.1, 0.15) is 36.5 Å². The molecule has 0 saturated carbocycles. The number of nitrogens with zero attached hydrogens (tertiary/aromatic N) is 2. The van der Waals surface area contributed by atoms with Crippen molar-refractivity contribution < 1.29 is 0 Å². The molecule has 1 saturated heterocycles. The Hall–Kier alpha value is -0.860. The van der Waals surface area contributed by atoms with Crippen LogP contribution < -0.4 is 0 Å². The first kappa shape index (κ1) is 13.1. The van der Waals surface area contributed by atoms with Gasteiger partial charge in [0, 0.05) is 32.7 Å². The Kier molecular flexibility index (Phi) is 3.64. The highest BCUT2D eigenvalue weighted by atomic mass is 15.2. The number of benzene rings is 1. The minimum absolute atomic E-state index is 0.647. The molecule has 1 aromatic rings. The van der Waals surface area contributed by atoms with E-state index in [1.165, 1.54) is 38.2 Å². The van der Waals surface area contributed by atoms with Gasteiger partial charge in [-0.05, 0) is 42.0 Å². The zero-order valence-electron chi connectivity index (χ0n) is 12.5. The van der Waals surface area contributed by atoms with Crippen LogP contribution in [0.4, 0.5) is 0 Å². The van der Waals surface area contributed by atoms with Gasteiger partial charge in [-0.25, -0.2) is 0 Å². The molecule has 1 aromatic carbocycles. The Bertz CT molecular complexity index is 447. The summed E-state index contributed by atoms with van der Waals surface area (Å²) in [6.07, 6.45) is 1.23. The van der Waals surface area contributed by atoms with E-state index >= 15 is 0 Å². The maximum absolute atomic E-state index is 2.65. The predicted octanol–water partition coefficient (Wildman–Crippen LogP) is 2.73. The summed E-state index contributed by atoms with van der Waals surface area (Å²) in [5.41, 5.74) is 4.64. The summed E-state index contributed by atoms with van der Waals surface area (Å²) in [4.78, 5) is 5.06. The van der Waals surface area contributed by atoms with Crippen LogP contribution in [0.2, 0.25) is 0 Å². The number of hydrogen-bond donors (Lipinski definition) is 0. The van der Waals surface area contributed by atoms with E-state index in [4.69, 9.17) is 0 Å². The summed E-state index contributed by atoms with van der Waals surface area (Å²) in [7, 11) is 2.22. The smallest absolute Gasteiger partial charge is 0.0236 e. The SMILES string of the molecule is CC(C)c1ccc2c(c1)CCN(CC1CN(C)C1)C2. The van der Waals surface area contributed by atoms with Gasteiger partial charge in [0.15, 0.2) is 0 Å². The van der Waals surface area contributed by atoms with Crippen LogP contribution in [0.3, 0.4) is 0 Å². The second-order valence-corrected chi connectivity index (χ2v) is 6.76. The van der Waals surface area contributed by atoms with Gasteiger partial charge in [0.05, 0.1) is 0 Å². The van der Waals surface area contributed by atoms with Crippen molar-refractivity contribution in [2.45, 2.75) is 32.7 Å². The van der Waals surface area contributed by atoms with Crippen molar-refractivity contribution in [1.29, 1.82) is 0 Å². The molecule has 0 spiro atoms. The van der Waals surface area contributed by atoms with E-state index in [2.05, 4.69) is 48.9 Å². The lowest BCUT2D eigenvalue weighted by Gasteiger charge is -2.40. The largest absolute Gasteiger partial charge is 0.306 e. The number of hydrogen-bond acceptors (Lipinski definition) is 2. The Balaban J connectivity index is 1.64. The van der Waals surface area contributed by atoms with E-state index in [1.54, 1.807) is 11.1 Å². The summed E-state index contributed by atoms with van der Waals surface area (Å²) in [5.74, 6) is 1.55. The van der Waals surface area contributed by atoms with Gasteiger partial charge in [-0.2, -0.15) is 0 Å². The minimum Gasteiger partial charge on any atom is -0.306 e. The van der Waals surface area contributed by atoms with Gasteiger partial charge < -0.3 is 4.90 Å². The fourth-order valence-corrected chi connectivity index (χ4v) is 3.45. The third-order valence-electron chi connectivity index (χ3n) is 4.64. The average molecular weight is 258 g/mol. The molecule has 19 heavy (non-hydrogen) atoms. The Morgan fingerprint density at radius 3 is 2.68 bits per heavy atom. The van der Waals surface area contributed by atoms with Gasteiger partial charge in [-0.1, -0.05) is 32.0 Å². The fourth-order valence-electron chi connectivity index (χ4n) is 3.45. The van der Waals surface area contributed by atoms with Crippen molar-refractivity contribution in [3.63, 3.8) is 0 Å². The molecule has 2 heterocycles. The molecular weight excluding hydrogens is 232 g/mol. The van der Waals surface area contributed by atoms with Gasteiger partial charge in [0.1, 0.15) is 0 Å². The third kappa shape index (κ3) is 2.85. The van der Waals surface area contributed by atoms with E-state index in [0.717, 1.165) is 12.5 Å². The number of fused-ring (bicyclic) bond motifs is 1. The van der Waals surface area contributed by atoms with Gasteiger partial charge in [-0.3, -0.25) is 4.90 Å². The van der Waals surface area contributed by atoms with E-state index in [1.807, 2.05) is 0 Å². The highest BCUT2D eigenvalue weighted by Crippen LogP contribution is 2.25. The highest BCUT2D eigenvalue weighted by Gasteiger charge is 2.26. The highest BCUT2D eigenvalue weighted by molar-refractivity contribution is 5.35. The second kappa shape index (κ2) is 5.26. The Labute approximate surface area is 117 Å². The van der Waals surface area contributed by atoms with E-state index < -0.39 is 0 Å². The van der Waals surface area contributed by atoms with Crippen molar-refractivity contribution in [3.8, 4) is 0 Å². The lowest BCUT2D eigenvalue weighted by molar-refractivity contribution is 0.0855. The number of rotatable bonds is 3. The summed E-state index contributed by atoms with van der Waals surface area (Å²) in [6, 6.07) is 7.13. The number of likely N-dealkylation sites (tertiary alicyclic amines) is 1. The molecule has 2 nitrogen and oxygen atoms in total. The standard InChI is InChI=1S/C17H26N2/c1-13(2)15-4-5-17-12-19(7-6-16(17)8-15)11-14-9-18(3)10-14/h4-5,8,13-14H,6-7,9-12H2,1-3H3. The molecule has 0 amide bonds. The van der Waals surface area contributed by atoms with Crippen molar-refractivity contribution in [1.82, 2.24) is 9.80 Å². The summed E-state index contributed by atoms with van der Waals surface area (Å²) in [5, 5.41) is 0. The van der Waals surface area contributed by atoms with Crippen LogP contribution in [0, 0.1) is 5.92 Å². The van der Waals surface area contributed by atoms with Crippen molar-refractivity contribution in [2.75, 3.05) is 33.2 Å². The molecule has 2 aliphatic rings. The van der Waals surface area contributed by atoms with Crippen molar-refractivity contribution in [3.05, 3.63) is 34.9 Å². The lowest BCUT2D eigenvalue weighted by atomic mass is 9.92. The zero-order chi connectivity index (χ0) is 13.4. The zero-order valence-corrected chi connectivity index (χ0v) is 12.5. The van der Waals surface area contributed by atoms with Crippen LogP contribution in [0.25, 0.3) is 0 Å². The maximum atomic E-state index is 2.65. The second-order valence-electron chi connectivity index (χ2n) is 6.76. The molecule has 2 aliphatic heterocycles. The van der Waals surface area contributed by atoms with Gasteiger partial charge in [0.2, 0.25) is 0 Å². The molecule has 0 unspecified atom stereocenters. The van der Waals surface area contributed by atoms with Crippen LogP contribution >= 0.6 is 0 Å². The minimum atomic E-state index is 0.647. The normalized spacial score (nSPS) is 21.5. The summed E-state index contributed by atoms with van der Waals surface area (Å²) < 4.78 is 0. The first-order chi connectivity index (χ1) is 9.11. The van der Waals surface area contributed by atoms with Crippen molar-refractivity contribution in [2.24, 2.45) is 5.92 Å². The monoisotopic (exact) mass is 258 g/mol. The molecule has 0 aromatic heterocycles. The predicted molar refractivity (Wildman–Crippen MR) is 80.5 cm³/mol. The fraction of sp³-hybridized carbons (Fsp3) is 0.647. The van der Waals surface area contributed by atoms with Gasteiger partial charge in [0.25, 0.3) is 0 Å². The Morgan fingerprint density at radius 1 is 1.21 bits per heavy atom. The van der Waals surface area contributed by atoms with E-state index in [0.29, 0.717) is 5.92 Å². The molecule has 2 heteroatoms. The summed E-state index contributed by atoms with van der Waals surface area (Å²) in [6.45, 7) is 10.8. The molecule has 0 radical (unpaired) electrons. The summed E-state index contributed by atoms with van der Waals surface area (Å²) >= 11 is 0. The maximum Gasteiger partial charge on any atom is 0.0236 e.